The van der Waals surface area contributed by atoms with Crippen molar-refractivity contribution in [3.8, 4) is 0 Å². The van der Waals surface area contributed by atoms with Crippen LogP contribution in [0.2, 0.25) is 0 Å². The molecule has 1 aromatic heterocycles. The molecule has 29 heavy (non-hydrogen) atoms. The average Bonchev–Trinajstić information content (AvgIpc) is 3.35. The molecule has 160 valence electrons. The Bertz CT molecular complexity index is 857. The maximum absolute atomic E-state index is 13.0. The minimum absolute atomic E-state index is 0.0203. The maximum Gasteiger partial charge on any atom is 0.233 e. The van der Waals surface area contributed by atoms with E-state index in [0.29, 0.717) is 18.9 Å². The van der Waals surface area contributed by atoms with Crippen LogP contribution in [0.15, 0.2) is 17.8 Å². The fraction of sp³-hybridized carbons (Fsp3) is 0.750. The normalized spacial score (nSPS) is 24.5. The van der Waals surface area contributed by atoms with Crippen molar-refractivity contribution < 1.29 is 13.2 Å². The molecule has 0 radical (unpaired) electrons. The molecule has 2 saturated carbocycles. The Kier molecular flexibility index (Phi) is 6.34. The second-order valence-electron chi connectivity index (χ2n) is 8.45. The predicted molar refractivity (Wildman–Crippen MR) is 114 cm³/mol. The highest BCUT2D eigenvalue weighted by atomic mass is 32.2. The molecule has 0 aromatic carbocycles. The number of thioether (sulfide) groups is 1. The van der Waals surface area contributed by atoms with E-state index in [2.05, 4.69) is 21.3 Å². The lowest BCUT2D eigenvalue weighted by Crippen LogP contribution is -2.43. The van der Waals surface area contributed by atoms with Gasteiger partial charge in [-0.05, 0) is 32.1 Å². The molecule has 0 N–H and O–H groups in total. The van der Waals surface area contributed by atoms with Crippen LogP contribution in [0.25, 0.3) is 0 Å². The molecule has 1 amide bonds. The van der Waals surface area contributed by atoms with E-state index in [0.717, 1.165) is 36.7 Å². The zero-order chi connectivity index (χ0) is 20.4. The van der Waals surface area contributed by atoms with Gasteiger partial charge >= 0.3 is 0 Å². The van der Waals surface area contributed by atoms with Crippen LogP contribution in [0, 0.1) is 0 Å². The van der Waals surface area contributed by atoms with Gasteiger partial charge in [0.1, 0.15) is 5.82 Å². The summed E-state index contributed by atoms with van der Waals surface area (Å²) in [7, 11) is -3.01. The number of sulfone groups is 1. The summed E-state index contributed by atoms with van der Waals surface area (Å²) in [6, 6.07) is 0.0506. The van der Waals surface area contributed by atoms with Crippen LogP contribution < -0.4 is 0 Å². The van der Waals surface area contributed by atoms with Gasteiger partial charge in [-0.1, -0.05) is 37.1 Å². The van der Waals surface area contributed by atoms with Crippen LogP contribution in [0.1, 0.15) is 63.1 Å². The lowest BCUT2D eigenvalue weighted by Gasteiger charge is -2.28. The number of nitrogens with zero attached hydrogens (tertiary/aromatic N) is 4. The summed E-state index contributed by atoms with van der Waals surface area (Å²) in [6.07, 6.45) is 10.4. The zero-order valence-electron chi connectivity index (χ0n) is 16.8. The van der Waals surface area contributed by atoms with Crippen molar-refractivity contribution in [3.63, 3.8) is 0 Å². The number of rotatable bonds is 8. The molecular formula is C20H30N4O3S2. The lowest BCUT2D eigenvalue weighted by molar-refractivity contribution is -0.130. The van der Waals surface area contributed by atoms with Gasteiger partial charge in [0.15, 0.2) is 15.0 Å². The molecule has 0 unspecified atom stereocenters. The first-order valence-corrected chi connectivity index (χ1v) is 13.5. The van der Waals surface area contributed by atoms with E-state index in [1.165, 1.54) is 31.0 Å². The summed E-state index contributed by atoms with van der Waals surface area (Å²) in [5.41, 5.74) is 0. The number of allylic oxidation sites excluding steroid dienone is 1. The largest absolute Gasteiger partial charge is 0.335 e. The van der Waals surface area contributed by atoms with Crippen LogP contribution >= 0.6 is 11.8 Å². The van der Waals surface area contributed by atoms with Gasteiger partial charge in [-0.15, -0.1) is 16.8 Å². The third kappa shape index (κ3) is 4.87. The van der Waals surface area contributed by atoms with E-state index in [-0.39, 0.29) is 35.2 Å². The third-order valence-corrected chi connectivity index (χ3v) is 8.88. The van der Waals surface area contributed by atoms with Crippen molar-refractivity contribution in [2.75, 3.05) is 17.3 Å². The Labute approximate surface area is 177 Å². The minimum atomic E-state index is -3.01. The minimum Gasteiger partial charge on any atom is -0.335 e. The van der Waals surface area contributed by atoms with Crippen LogP contribution in [0.3, 0.4) is 0 Å². The van der Waals surface area contributed by atoms with Crippen molar-refractivity contribution in [1.82, 2.24) is 19.7 Å². The standard InChI is InChI=1S/C20H30N4O3S2/c1-2-11-23-19(15-6-4-3-5-7-15)21-22-20(23)28-13-18(25)24(16-8-9-16)17-10-12-29(26,27)14-17/h2,15-17H,1,3-14H2/t17-/m0/s1. The average molecular weight is 439 g/mol. The molecule has 2 aliphatic carbocycles. The van der Waals surface area contributed by atoms with Gasteiger partial charge in [0.05, 0.1) is 17.3 Å². The highest BCUT2D eigenvalue weighted by Crippen LogP contribution is 2.35. The monoisotopic (exact) mass is 438 g/mol. The summed E-state index contributed by atoms with van der Waals surface area (Å²) < 4.78 is 25.9. The molecule has 0 spiro atoms. The lowest BCUT2D eigenvalue weighted by atomic mass is 9.89. The van der Waals surface area contributed by atoms with Crippen molar-refractivity contribution in [3.05, 3.63) is 18.5 Å². The molecule has 2 heterocycles. The second-order valence-corrected chi connectivity index (χ2v) is 11.6. The van der Waals surface area contributed by atoms with E-state index >= 15 is 0 Å². The van der Waals surface area contributed by atoms with E-state index in [1.807, 2.05) is 11.0 Å². The van der Waals surface area contributed by atoms with E-state index in [1.54, 1.807) is 0 Å². The quantitative estimate of drug-likeness (QED) is 0.458. The smallest absolute Gasteiger partial charge is 0.233 e. The first kappa shape index (κ1) is 20.9. The van der Waals surface area contributed by atoms with Crippen LogP contribution in [0.5, 0.6) is 0 Å². The predicted octanol–water partition coefficient (Wildman–Crippen LogP) is 2.78. The second kappa shape index (κ2) is 8.79. The Morgan fingerprint density at radius 2 is 1.90 bits per heavy atom. The first-order chi connectivity index (χ1) is 14.0. The van der Waals surface area contributed by atoms with Gasteiger partial charge < -0.3 is 9.47 Å². The van der Waals surface area contributed by atoms with Crippen LogP contribution in [-0.2, 0) is 21.2 Å². The van der Waals surface area contributed by atoms with E-state index in [4.69, 9.17) is 0 Å². The Morgan fingerprint density at radius 3 is 2.52 bits per heavy atom. The molecule has 1 atom stereocenters. The summed E-state index contributed by atoms with van der Waals surface area (Å²) in [6.45, 7) is 4.51. The molecular weight excluding hydrogens is 408 g/mol. The zero-order valence-corrected chi connectivity index (χ0v) is 18.5. The molecule has 3 aliphatic rings. The number of amides is 1. The molecule has 1 saturated heterocycles. The van der Waals surface area contributed by atoms with Crippen LogP contribution in [0.4, 0.5) is 0 Å². The topological polar surface area (TPSA) is 85.2 Å². The summed E-state index contributed by atoms with van der Waals surface area (Å²) >= 11 is 1.41. The highest BCUT2D eigenvalue weighted by Gasteiger charge is 2.42. The van der Waals surface area contributed by atoms with Crippen molar-refractivity contribution >= 4 is 27.5 Å². The molecule has 7 nitrogen and oxygen atoms in total. The summed E-state index contributed by atoms with van der Waals surface area (Å²) in [5.74, 6) is 2.05. The van der Waals surface area contributed by atoms with Gasteiger partial charge in [0.2, 0.25) is 5.91 Å². The number of carbonyl (C=O) groups is 1. The fourth-order valence-electron chi connectivity index (χ4n) is 4.62. The fourth-order valence-corrected chi connectivity index (χ4v) is 7.16. The maximum atomic E-state index is 13.0. The third-order valence-electron chi connectivity index (χ3n) is 6.18. The SMILES string of the molecule is C=CCn1c(SCC(=O)N(C2CC2)[C@H]2CCS(=O)(=O)C2)nnc1C1CCCCC1. The molecule has 3 fully saturated rings. The number of hydrogen-bond acceptors (Lipinski definition) is 6. The van der Waals surface area contributed by atoms with Gasteiger partial charge in [0.25, 0.3) is 0 Å². The van der Waals surface area contributed by atoms with Crippen LogP contribution in [-0.4, -0.2) is 63.3 Å². The Balaban J connectivity index is 1.44. The number of aromatic nitrogens is 3. The van der Waals surface area contributed by atoms with Gasteiger partial charge in [0, 0.05) is 24.5 Å². The van der Waals surface area contributed by atoms with Crippen molar-refractivity contribution in [2.45, 2.75) is 81.1 Å². The molecule has 4 rings (SSSR count). The van der Waals surface area contributed by atoms with Crippen molar-refractivity contribution in [2.24, 2.45) is 0 Å². The van der Waals surface area contributed by atoms with Gasteiger partial charge in [-0.3, -0.25) is 4.79 Å². The molecule has 9 heteroatoms. The summed E-state index contributed by atoms with van der Waals surface area (Å²) in [4.78, 5) is 14.9. The molecule has 1 aromatic rings. The molecule has 1 aliphatic heterocycles. The Morgan fingerprint density at radius 1 is 1.14 bits per heavy atom. The van der Waals surface area contributed by atoms with E-state index in [9.17, 15) is 13.2 Å². The molecule has 0 bridgehead atoms. The van der Waals surface area contributed by atoms with Gasteiger partial charge in [-0.2, -0.15) is 0 Å². The Hall–Kier alpha value is -1.35. The van der Waals surface area contributed by atoms with Gasteiger partial charge in [-0.25, -0.2) is 8.42 Å². The highest BCUT2D eigenvalue weighted by molar-refractivity contribution is 7.99. The summed E-state index contributed by atoms with van der Waals surface area (Å²) in [5, 5.41) is 9.61. The van der Waals surface area contributed by atoms with E-state index < -0.39 is 9.84 Å². The number of carbonyl (C=O) groups excluding carboxylic acids is 1. The van der Waals surface area contributed by atoms with Crippen molar-refractivity contribution in [1.29, 1.82) is 0 Å². The number of hydrogen-bond donors (Lipinski definition) is 0. The first-order valence-electron chi connectivity index (χ1n) is 10.7.